The number of benzene rings is 1. The molecule has 0 radical (unpaired) electrons. The molecule has 1 aliphatic rings. The summed E-state index contributed by atoms with van der Waals surface area (Å²) >= 11 is 6.47. The van der Waals surface area contributed by atoms with E-state index in [0.29, 0.717) is 33.9 Å². The fraction of sp³-hybridized carbons (Fsp3) is 0.312. The number of thiocarbonyl (C=S) groups is 1. The van der Waals surface area contributed by atoms with Gasteiger partial charge < -0.3 is 19.9 Å². The lowest BCUT2D eigenvalue weighted by molar-refractivity contribution is -0.122. The van der Waals surface area contributed by atoms with Gasteiger partial charge in [-0.25, -0.2) is 0 Å². The molecule has 134 valence electrons. The molecule has 1 aromatic rings. The number of primary amides is 1. The lowest BCUT2D eigenvalue weighted by Crippen LogP contribution is -2.31. The maximum Gasteiger partial charge on any atom is 0.266 e. The van der Waals surface area contributed by atoms with Crippen molar-refractivity contribution in [2.75, 3.05) is 34.0 Å². The third-order valence-corrected chi connectivity index (χ3v) is 4.63. The molecule has 0 spiro atoms. The molecule has 2 amide bonds. The Morgan fingerprint density at radius 1 is 1.36 bits per heavy atom. The topological polar surface area (TPSA) is 91.1 Å². The molecule has 0 atom stereocenters. The molecule has 2 N–H and O–H groups in total. The molecule has 0 saturated carbocycles. The Balaban J connectivity index is 2.19. The fourth-order valence-electron chi connectivity index (χ4n) is 2.07. The molecule has 1 saturated heterocycles. The standard InChI is InChI=1S/C16H18N2O5S2/c1-21-6-5-18-15(20)13(25-16(18)24)8-10-3-4-11(12(7-10)22-2)23-9-14(17)19/h3-4,7-8H,5-6,9H2,1-2H3,(H2,17,19)/b13-8-. The number of hydrogen-bond acceptors (Lipinski definition) is 7. The number of thioether (sulfide) groups is 1. The predicted octanol–water partition coefficient (Wildman–Crippen LogP) is 1.41. The lowest BCUT2D eigenvalue weighted by Gasteiger charge is -2.13. The zero-order valence-corrected chi connectivity index (χ0v) is 15.4. The second-order valence-corrected chi connectivity index (χ2v) is 6.67. The number of rotatable bonds is 8. The van der Waals surface area contributed by atoms with Gasteiger partial charge in [0, 0.05) is 7.11 Å². The number of nitrogens with zero attached hydrogens (tertiary/aromatic N) is 1. The summed E-state index contributed by atoms with van der Waals surface area (Å²) in [5.74, 6) is 0.0990. The molecule has 0 bridgehead atoms. The average molecular weight is 382 g/mol. The van der Waals surface area contributed by atoms with Gasteiger partial charge in [-0.1, -0.05) is 30.0 Å². The van der Waals surface area contributed by atoms with Crippen LogP contribution in [0.4, 0.5) is 0 Å². The zero-order valence-electron chi connectivity index (χ0n) is 13.8. The van der Waals surface area contributed by atoms with Crippen molar-refractivity contribution >= 4 is 46.2 Å². The van der Waals surface area contributed by atoms with Crippen molar-refractivity contribution in [1.82, 2.24) is 4.90 Å². The Morgan fingerprint density at radius 2 is 2.12 bits per heavy atom. The summed E-state index contributed by atoms with van der Waals surface area (Å²) in [5, 5.41) is 0. The fourth-order valence-corrected chi connectivity index (χ4v) is 3.38. The van der Waals surface area contributed by atoms with E-state index in [1.807, 2.05) is 0 Å². The Morgan fingerprint density at radius 3 is 2.76 bits per heavy atom. The first-order valence-electron chi connectivity index (χ1n) is 7.29. The SMILES string of the molecule is COCCN1C(=O)/C(=C/c2ccc(OCC(N)=O)c(OC)c2)SC1=S. The molecule has 0 aliphatic carbocycles. The first-order chi connectivity index (χ1) is 12.0. The van der Waals surface area contributed by atoms with Crippen LogP contribution < -0.4 is 15.2 Å². The molecule has 1 aromatic carbocycles. The Kier molecular flexibility index (Phi) is 6.80. The highest BCUT2D eigenvalue weighted by molar-refractivity contribution is 8.26. The van der Waals surface area contributed by atoms with Crippen LogP contribution in [0.5, 0.6) is 11.5 Å². The molecule has 1 heterocycles. The summed E-state index contributed by atoms with van der Waals surface area (Å²) in [6.07, 6.45) is 1.73. The predicted molar refractivity (Wildman–Crippen MR) is 99.4 cm³/mol. The largest absolute Gasteiger partial charge is 0.493 e. The van der Waals surface area contributed by atoms with E-state index in [-0.39, 0.29) is 12.5 Å². The first kappa shape index (κ1) is 19.2. The van der Waals surface area contributed by atoms with E-state index in [9.17, 15) is 9.59 Å². The molecular formula is C16H18N2O5S2. The van der Waals surface area contributed by atoms with Crippen molar-refractivity contribution in [1.29, 1.82) is 0 Å². The van der Waals surface area contributed by atoms with Gasteiger partial charge in [0.05, 0.1) is 25.2 Å². The van der Waals surface area contributed by atoms with Crippen molar-refractivity contribution in [2.45, 2.75) is 0 Å². The van der Waals surface area contributed by atoms with Gasteiger partial charge in [-0.05, 0) is 23.8 Å². The minimum atomic E-state index is -0.578. The first-order valence-corrected chi connectivity index (χ1v) is 8.52. The molecule has 1 fully saturated rings. The third kappa shape index (κ3) is 4.94. The number of carbonyl (C=O) groups excluding carboxylic acids is 2. The summed E-state index contributed by atoms with van der Waals surface area (Å²) < 4.78 is 16.0. The molecule has 1 aliphatic heterocycles. The number of carbonyl (C=O) groups is 2. The minimum Gasteiger partial charge on any atom is -0.493 e. The quantitative estimate of drug-likeness (QED) is 0.537. The molecular weight excluding hydrogens is 364 g/mol. The van der Waals surface area contributed by atoms with Gasteiger partial charge in [-0.15, -0.1) is 0 Å². The third-order valence-electron chi connectivity index (χ3n) is 3.25. The molecule has 7 nitrogen and oxygen atoms in total. The highest BCUT2D eigenvalue weighted by atomic mass is 32.2. The van der Waals surface area contributed by atoms with Gasteiger partial charge >= 0.3 is 0 Å². The summed E-state index contributed by atoms with van der Waals surface area (Å²) in [6, 6.07) is 5.11. The van der Waals surface area contributed by atoms with Gasteiger partial charge in [0.1, 0.15) is 4.32 Å². The molecule has 9 heteroatoms. The van der Waals surface area contributed by atoms with E-state index in [1.165, 1.54) is 23.8 Å². The Labute approximate surface area is 155 Å². The number of methoxy groups -OCH3 is 2. The minimum absolute atomic E-state index is 0.153. The van der Waals surface area contributed by atoms with Crippen molar-refractivity contribution in [3.63, 3.8) is 0 Å². The average Bonchev–Trinajstić information content (AvgIpc) is 2.85. The second kappa shape index (κ2) is 8.84. The van der Waals surface area contributed by atoms with Crippen LogP contribution in [0.2, 0.25) is 0 Å². The molecule has 2 rings (SSSR count). The normalized spacial score (nSPS) is 15.8. The van der Waals surface area contributed by atoms with Crippen LogP contribution in [-0.2, 0) is 14.3 Å². The molecule has 25 heavy (non-hydrogen) atoms. The van der Waals surface area contributed by atoms with E-state index in [1.54, 1.807) is 31.4 Å². The van der Waals surface area contributed by atoms with Crippen LogP contribution in [0.3, 0.4) is 0 Å². The van der Waals surface area contributed by atoms with Crippen LogP contribution in [0.15, 0.2) is 23.1 Å². The second-order valence-electron chi connectivity index (χ2n) is 4.99. The van der Waals surface area contributed by atoms with E-state index >= 15 is 0 Å². The van der Waals surface area contributed by atoms with E-state index in [2.05, 4.69) is 0 Å². The number of amides is 2. The summed E-state index contributed by atoms with van der Waals surface area (Å²) in [4.78, 5) is 25.3. The van der Waals surface area contributed by atoms with Crippen molar-refractivity contribution in [2.24, 2.45) is 5.73 Å². The number of ether oxygens (including phenoxy) is 3. The number of nitrogens with two attached hydrogens (primary N) is 1. The molecule has 0 unspecified atom stereocenters. The van der Waals surface area contributed by atoms with Crippen LogP contribution in [-0.4, -0.2) is 55.0 Å². The Hall–Kier alpha value is -2.10. The zero-order chi connectivity index (χ0) is 18.4. The highest BCUT2D eigenvalue weighted by Crippen LogP contribution is 2.34. The van der Waals surface area contributed by atoms with Gasteiger partial charge in [0.15, 0.2) is 18.1 Å². The summed E-state index contributed by atoms with van der Waals surface area (Å²) in [6.45, 7) is 0.592. The lowest BCUT2D eigenvalue weighted by atomic mass is 10.2. The van der Waals surface area contributed by atoms with E-state index < -0.39 is 5.91 Å². The highest BCUT2D eigenvalue weighted by Gasteiger charge is 2.31. The van der Waals surface area contributed by atoms with Gasteiger partial charge in [-0.3, -0.25) is 14.5 Å². The van der Waals surface area contributed by atoms with E-state index in [4.69, 9.17) is 32.2 Å². The summed E-state index contributed by atoms with van der Waals surface area (Å²) in [5.41, 5.74) is 5.81. The van der Waals surface area contributed by atoms with Gasteiger partial charge in [-0.2, -0.15) is 0 Å². The molecule has 0 aromatic heterocycles. The van der Waals surface area contributed by atoms with Gasteiger partial charge in [0.2, 0.25) is 0 Å². The monoisotopic (exact) mass is 382 g/mol. The summed E-state index contributed by atoms with van der Waals surface area (Å²) in [7, 11) is 3.06. The maximum absolute atomic E-state index is 12.4. The van der Waals surface area contributed by atoms with Crippen molar-refractivity contribution < 1.29 is 23.8 Å². The maximum atomic E-state index is 12.4. The van der Waals surface area contributed by atoms with Crippen LogP contribution in [0.25, 0.3) is 6.08 Å². The number of hydrogen-bond donors (Lipinski definition) is 1. The van der Waals surface area contributed by atoms with Crippen LogP contribution in [0, 0.1) is 0 Å². The van der Waals surface area contributed by atoms with Crippen molar-refractivity contribution in [3.05, 3.63) is 28.7 Å². The van der Waals surface area contributed by atoms with Crippen LogP contribution >= 0.6 is 24.0 Å². The van der Waals surface area contributed by atoms with Crippen molar-refractivity contribution in [3.8, 4) is 11.5 Å². The van der Waals surface area contributed by atoms with Crippen LogP contribution in [0.1, 0.15) is 5.56 Å². The van der Waals surface area contributed by atoms with E-state index in [0.717, 1.165) is 5.56 Å². The van der Waals surface area contributed by atoms with Gasteiger partial charge in [0.25, 0.3) is 11.8 Å². The smallest absolute Gasteiger partial charge is 0.266 e. The Bertz CT molecular complexity index is 720.